The maximum atomic E-state index is 5.64. The van der Waals surface area contributed by atoms with Crippen LogP contribution in [0.25, 0.3) is 22.6 Å². The second-order valence-electron chi connectivity index (χ2n) is 4.83. The largest absolute Gasteiger partial charge is 0.496 e. The second-order valence-corrected chi connectivity index (χ2v) is 6.56. The van der Waals surface area contributed by atoms with E-state index in [-0.39, 0.29) is 0 Å². The van der Waals surface area contributed by atoms with Crippen LogP contribution in [0, 0.1) is 0 Å². The quantitative estimate of drug-likeness (QED) is 0.575. The number of rotatable bonds is 5. The van der Waals surface area contributed by atoms with Gasteiger partial charge in [0.25, 0.3) is 0 Å². The zero-order chi connectivity index (χ0) is 16.2. The van der Waals surface area contributed by atoms with E-state index >= 15 is 0 Å². The minimum absolute atomic E-state index is 0.775. The SMILES string of the molecule is COc1cc(-c2ncoc2-c2ccc(SC)cc2)ccc1SC. The van der Waals surface area contributed by atoms with E-state index in [1.54, 1.807) is 30.6 Å². The normalized spacial score (nSPS) is 10.7. The number of benzene rings is 2. The number of thioether (sulfide) groups is 2. The number of nitrogens with zero attached hydrogens (tertiary/aromatic N) is 1. The molecule has 0 amide bonds. The molecule has 23 heavy (non-hydrogen) atoms. The summed E-state index contributed by atoms with van der Waals surface area (Å²) in [7, 11) is 1.68. The van der Waals surface area contributed by atoms with Crippen molar-refractivity contribution in [2.75, 3.05) is 19.6 Å². The molecule has 0 bridgehead atoms. The molecule has 0 spiro atoms. The monoisotopic (exact) mass is 343 g/mol. The van der Waals surface area contributed by atoms with Gasteiger partial charge in [0.2, 0.25) is 0 Å². The maximum Gasteiger partial charge on any atom is 0.182 e. The molecule has 3 rings (SSSR count). The van der Waals surface area contributed by atoms with Gasteiger partial charge in [-0.05, 0) is 36.8 Å². The highest BCUT2D eigenvalue weighted by molar-refractivity contribution is 7.98. The van der Waals surface area contributed by atoms with Crippen LogP contribution in [0.15, 0.2) is 63.1 Å². The van der Waals surface area contributed by atoms with Gasteiger partial charge in [0.1, 0.15) is 11.4 Å². The van der Waals surface area contributed by atoms with Gasteiger partial charge >= 0.3 is 0 Å². The molecule has 2 aromatic carbocycles. The Kier molecular flexibility index (Phi) is 4.98. The highest BCUT2D eigenvalue weighted by atomic mass is 32.2. The molecule has 118 valence electrons. The number of methoxy groups -OCH3 is 1. The summed E-state index contributed by atoms with van der Waals surface area (Å²) in [5.74, 6) is 1.62. The highest BCUT2D eigenvalue weighted by Gasteiger charge is 2.15. The Labute approximate surface area is 144 Å². The van der Waals surface area contributed by atoms with Crippen molar-refractivity contribution in [3.63, 3.8) is 0 Å². The Hall–Kier alpha value is -1.85. The summed E-state index contributed by atoms with van der Waals surface area (Å²) >= 11 is 3.38. The Balaban J connectivity index is 2.03. The van der Waals surface area contributed by atoms with Gasteiger partial charge in [-0.1, -0.05) is 18.2 Å². The van der Waals surface area contributed by atoms with E-state index in [2.05, 4.69) is 35.5 Å². The summed E-state index contributed by atoms with van der Waals surface area (Å²) in [6.45, 7) is 0. The average molecular weight is 343 g/mol. The van der Waals surface area contributed by atoms with Gasteiger partial charge in [0.05, 0.1) is 7.11 Å². The number of oxazole rings is 1. The summed E-state index contributed by atoms with van der Waals surface area (Å²) in [5.41, 5.74) is 2.83. The van der Waals surface area contributed by atoms with E-state index in [4.69, 9.17) is 9.15 Å². The third-order valence-electron chi connectivity index (χ3n) is 3.58. The molecule has 0 atom stereocenters. The third-order valence-corrected chi connectivity index (χ3v) is 5.10. The highest BCUT2D eigenvalue weighted by Crippen LogP contribution is 2.36. The van der Waals surface area contributed by atoms with Crippen LogP contribution >= 0.6 is 23.5 Å². The minimum atomic E-state index is 0.775. The molecule has 1 heterocycles. The van der Waals surface area contributed by atoms with E-state index in [9.17, 15) is 0 Å². The zero-order valence-corrected chi connectivity index (χ0v) is 14.8. The Morgan fingerprint density at radius 3 is 2.35 bits per heavy atom. The molecule has 3 aromatic rings. The van der Waals surface area contributed by atoms with Crippen LogP contribution in [0.1, 0.15) is 0 Å². The van der Waals surface area contributed by atoms with Crippen molar-refractivity contribution < 1.29 is 9.15 Å². The first-order valence-corrected chi connectivity index (χ1v) is 9.52. The maximum absolute atomic E-state index is 5.64. The van der Waals surface area contributed by atoms with E-state index in [0.717, 1.165) is 33.2 Å². The molecule has 0 saturated carbocycles. The lowest BCUT2D eigenvalue weighted by molar-refractivity contribution is 0.405. The molecule has 0 fully saturated rings. The molecule has 0 saturated heterocycles. The van der Waals surface area contributed by atoms with Crippen molar-refractivity contribution in [2.45, 2.75) is 9.79 Å². The lowest BCUT2D eigenvalue weighted by Gasteiger charge is -2.08. The first kappa shape index (κ1) is 16.0. The van der Waals surface area contributed by atoms with Gasteiger partial charge in [-0.15, -0.1) is 23.5 Å². The Bertz CT molecular complexity index is 797. The van der Waals surface area contributed by atoms with Crippen molar-refractivity contribution in [1.82, 2.24) is 4.98 Å². The fourth-order valence-electron chi connectivity index (χ4n) is 2.38. The summed E-state index contributed by atoms with van der Waals surface area (Å²) in [5, 5.41) is 0. The first-order chi connectivity index (χ1) is 11.3. The minimum Gasteiger partial charge on any atom is -0.496 e. The number of ether oxygens (including phenoxy) is 1. The number of aromatic nitrogens is 1. The molecule has 0 aliphatic carbocycles. The predicted molar refractivity (Wildman–Crippen MR) is 97.5 cm³/mol. The summed E-state index contributed by atoms with van der Waals surface area (Å²) < 4.78 is 11.1. The Morgan fingerprint density at radius 2 is 1.70 bits per heavy atom. The first-order valence-electron chi connectivity index (χ1n) is 7.07. The lowest BCUT2D eigenvalue weighted by Crippen LogP contribution is -1.89. The zero-order valence-electron chi connectivity index (χ0n) is 13.2. The standard InChI is InChI=1S/C18H17NO2S2/c1-20-15-10-13(6-9-16(15)23-3)17-18(21-11-19-17)12-4-7-14(22-2)8-5-12/h4-11H,1-3H3. The van der Waals surface area contributed by atoms with Gasteiger partial charge in [-0.2, -0.15) is 0 Å². The van der Waals surface area contributed by atoms with Crippen LogP contribution < -0.4 is 4.74 Å². The van der Waals surface area contributed by atoms with E-state index in [1.807, 2.05) is 24.5 Å². The van der Waals surface area contributed by atoms with Crippen LogP contribution in [-0.2, 0) is 0 Å². The van der Waals surface area contributed by atoms with Crippen molar-refractivity contribution in [3.05, 3.63) is 48.9 Å². The van der Waals surface area contributed by atoms with Gasteiger partial charge in [0, 0.05) is 20.9 Å². The van der Waals surface area contributed by atoms with Crippen molar-refractivity contribution >= 4 is 23.5 Å². The van der Waals surface area contributed by atoms with Crippen LogP contribution in [0.2, 0.25) is 0 Å². The van der Waals surface area contributed by atoms with Crippen molar-refractivity contribution in [3.8, 4) is 28.3 Å². The molecule has 0 N–H and O–H groups in total. The smallest absolute Gasteiger partial charge is 0.182 e. The number of hydrogen-bond acceptors (Lipinski definition) is 5. The van der Waals surface area contributed by atoms with Crippen molar-refractivity contribution in [2.24, 2.45) is 0 Å². The average Bonchev–Trinajstić information content (AvgIpc) is 3.10. The Morgan fingerprint density at radius 1 is 0.957 bits per heavy atom. The lowest BCUT2D eigenvalue weighted by atomic mass is 10.1. The molecule has 3 nitrogen and oxygen atoms in total. The summed E-state index contributed by atoms with van der Waals surface area (Å²) in [6.07, 6.45) is 5.59. The topological polar surface area (TPSA) is 35.3 Å². The van der Waals surface area contributed by atoms with E-state index < -0.39 is 0 Å². The molecule has 0 radical (unpaired) electrons. The van der Waals surface area contributed by atoms with Gasteiger partial charge in [-0.25, -0.2) is 4.98 Å². The van der Waals surface area contributed by atoms with Gasteiger partial charge in [-0.3, -0.25) is 0 Å². The molecular weight excluding hydrogens is 326 g/mol. The third kappa shape index (κ3) is 3.26. The van der Waals surface area contributed by atoms with Crippen LogP contribution in [0.5, 0.6) is 5.75 Å². The summed E-state index contributed by atoms with van der Waals surface area (Å²) in [4.78, 5) is 6.73. The van der Waals surface area contributed by atoms with Gasteiger partial charge < -0.3 is 9.15 Å². The van der Waals surface area contributed by atoms with E-state index in [0.29, 0.717) is 0 Å². The van der Waals surface area contributed by atoms with Crippen molar-refractivity contribution in [1.29, 1.82) is 0 Å². The fraction of sp³-hybridized carbons (Fsp3) is 0.167. The van der Waals surface area contributed by atoms with Gasteiger partial charge in [0.15, 0.2) is 12.2 Å². The molecule has 5 heteroatoms. The molecule has 0 unspecified atom stereocenters. The molecule has 0 aliphatic rings. The summed E-state index contributed by atoms with van der Waals surface area (Å²) in [6, 6.07) is 14.4. The van der Waals surface area contributed by atoms with Crippen LogP contribution in [0.4, 0.5) is 0 Å². The number of hydrogen-bond donors (Lipinski definition) is 0. The van der Waals surface area contributed by atoms with Crippen LogP contribution in [0.3, 0.4) is 0 Å². The predicted octanol–water partition coefficient (Wildman–Crippen LogP) is 5.46. The van der Waals surface area contributed by atoms with E-state index in [1.165, 1.54) is 11.3 Å². The molecule has 1 aromatic heterocycles. The van der Waals surface area contributed by atoms with Crippen LogP contribution in [-0.4, -0.2) is 24.6 Å². The molecule has 0 aliphatic heterocycles. The second kappa shape index (κ2) is 7.15. The fourth-order valence-corrected chi connectivity index (χ4v) is 3.34. The molecular formula is C18H17NO2S2.